The first-order chi connectivity index (χ1) is 8.68. The van der Waals surface area contributed by atoms with Gasteiger partial charge in [-0.2, -0.15) is 0 Å². The van der Waals surface area contributed by atoms with E-state index in [4.69, 9.17) is 11.6 Å². The molecule has 100 valence electrons. The van der Waals surface area contributed by atoms with Gasteiger partial charge in [0.25, 0.3) is 0 Å². The second-order valence-corrected chi connectivity index (χ2v) is 5.31. The SMILES string of the molecule is CC(CNCc1cccc(F)c1Cl)N1CCCC1. The van der Waals surface area contributed by atoms with Crippen molar-refractivity contribution < 1.29 is 4.39 Å². The quantitative estimate of drug-likeness (QED) is 0.885. The summed E-state index contributed by atoms with van der Waals surface area (Å²) >= 11 is 5.91. The lowest BCUT2D eigenvalue weighted by Crippen LogP contribution is -2.38. The molecule has 0 bridgehead atoms. The predicted octanol–water partition coefficient (Wildman–Crippen LogP) is 3.05. The Hall–Kier alpha value is -0.640. The maximum atomic E-state index is 13.2. The fourth-order valence-corrected chi connectivity index (χ4v) is 2.60. The molecule has 0 radical (unpaired) electrons. The molecule has 0 saturated carbocycles. The van der Waals surface area contributed by atoms with Crippen LogP contribution < -0.4 is 5.32 Å². The van der Waals surface area contributed by atoms with Gasteiger partial charge in [0.2, 0.25) is 0 Å². The molecule has 1 aliphatic rings. The van der Waals surface area contributed by atoms with Crippen LogP contribution >= 0.6 is 11.6 Å². The van der Waals surface area contributed by atoms with Crippen molar-refractivity contribution in [3.8, 4) is 0 Å². The fourth-order valence-electron chi connectivity index (χ4n) is 2.41. The molecule has 1 heterocycles. The lowest BCUT2D eigenvalue weighted by Gasteiger charge is -2.24. The highest BCUT2D eigenvalue weighted by atomic mass is 35.5. The third-order valence-corrected chi connectivity index (χ3v) is 3.97. The minimum Gasteiger partial charge on any atom is -0.311 e. The zero-order chi connectivity index (χ0) is 13.0. The maximum absolute atomic E-state index is 13.2. The molecular weight excluding hydrogens is 251 g/mol. The lowest BCUT2D eigenvalue weighted by atomic mass is 10.2. The van der Waals surface area contributed by atoms with Crippen LogP contribution in [-0.2, 0) is 6.54 Å². The van der Waals surface area contributed by atoms with Gasteiger partial charge in [-0.15, -0.1) is 0 Å². The van der Waals surface area contributed by atoms with E-state index in [1.165, 1.54) is 32.0 Å². The maximum Gasteiger partial charge on any atom is 0.142 e. The van der Waals surface area contributed by atoms with Crippen LogP contribution in [0.4, 0.5) is 4.39 Å². The van der Waals surface area contributed by atoms with Crippen LogP contribution in [0, 0.1) is 5.82 Å². The first-order valence-corrected chi connectivity index (χ1v) is 6.94. The Balaban J connectivity index is 1.79. The molecule has 1 saturated heterocycles. The third kappa shape index (κ3) is 3.44. The molecule has 0 aliphatic carbocycles. The number of nitrogens with zero attached hydrogens (tertiary/aromatic N) is 1. The summed E-state index contributed by atoms with van der Waals surface area (Å²) < 4.78 is 13.2. The Morgan fingerprint density at radius 2 is 2.11 bits per heavy atom. The minimum absolute atomic E-state index is 0.235. The second-order valence-electron chi connectivity index (χ2n) is 4.94. The van der Waals surface area contributed by atoms with Gasteiger partial charge in [0.05, 0.1) is 5.02 Å². The van der Waals surface area contributed by atoms with Crippen molar-refractivity contribution in [2.75, 3.05) is 19.6 Å². The number of hydrogen-bond donors (Lipinski definition) is 1. The summed E-state index contributed by atoms with van der Waals surface area (Å²) in [5.41, 5.74) is 0.824. The van der Waals surface area contributed by atoms with Crippen LogP contribution in [0.2, 0.25) is 5.02 Å². The molecule has 0 spiro atoms. The standard InChI is InChI=1S/C14H20ClFN2/c1-11(18-7-2-3-8-18)9-17-10-12-5-4-6-13(16)14(12)15/h4-6,11,17H,2-3,7-10H2,1H3. The molecule has 18 heavy (non-hydrogen) atoms. The number of nitrogens with one attached hydrogen (secondary N) is 1. The van der Waals surface area contributed by atoms with Crippen LogP contribution in [-0.4, -0.2) is 30.6 Å². The molecule has 1 aliphatic heterocycles. The molecule has 2 rings (SSSR count). The van der Waals surface area contributed by atoms with Gasteiger partial charge in [-0.05, 0) is 44.5 Å². The summed E-state index contributed by atoms with van der Waals surface area (Å²) in [6.07, 6.45) is 2.61. The average Bonchev–Trinajstić information content (AvgIpc) is 2.88. The lowest BCUT2D eigenvalue weighted by molar-refractivity contribution is 0.251. The third-order valence-electron chi connectivity index (χ3n) is 3.55. The second kappa shape index (κ2) is 6.50. The van der Waals surface area contributed by atoms with E-state index in [1.54, 1.807) is 6.07 Å². The first kappa shape index (κ1) is 13.8. The number of rotatable bonds is 5. The monoisotopic (exact) mass is 270 g/mol. The molecule has 2 nitrogen and oxygen atoms in total. The average molecular weight is 271 g/mol. The highest BCUT2D eigenvalue weighted by Gasteiger charge is 2.17. The summed E-state index contributed by atoms with van der Waals surface area (Å²) in [5, 5.41) is 3.59. The van der Waals surface area contributed by atoms with Crippen LogP contribution in [0.1, 0.15) is 25.3 Å². The predicted molar refractivity (Wildman–Crippen MR) is 73.4 cm³/mol. The van der Waals surface area contributed by atoms with Crippen molar-refractivity contribution >= 4 is 11.6 Å². The van der Waals surface area contributed by atoms with E-state index in [0.717, 1.165) is 12.1 Å². The molecule has 1 unspecified atom stereocenters. The van der Waals surface area contributed by atoms with Crippen LogP contribution in [0.5, 0.6) is 0 Å². The van der Waals surface area contributed by atoms with Crippen molar-refractivity contribution in [3.63, 3.8) is 0 Å². The molecule has 0 amide bonds. The summed E-state index contributed by atoms with van der Waals surface area (Å²) in [7, 11) is 0. The minimum atomic E-state index is -0.344. The largest absolute Gasteiger partial charge is 0.311 e. The number of benzene rings is 1. The van der Waals surface area contributed by atoms with Crippen molar-refractivity contribution in [1.82, 2.24) is 10.2 Å². The van der Waals surface area contributed by atoms with Gasteiger partial charge < -0.3 is 5.32 Å². The van der Waals surface area contributed by atoms with Gasteiger partial charge in [-0.3, -0.25) is 4.90 Å². The topological polar surface area (TPSA) is 15.3 Å². The molecule has 1 atom stereocenters. The van der Waals surface area contributed by atoms with E-state index in [1.807, 2.05) is 6.07 Å². The van der Waals surface area contributed by atoms with Gasteiger partial charge >= 0.3 is 0 Å². The Bertz CT molecular complexity index is 391. The zero-order valence-electron chi connectivity index (χ0n) is 10.8. The van der Waals surface area contributed by atoms with Gasteiger partial charge in [-0.1, -0.05) is 23.7 Å². The Labute approximate surface area is 113 Å². The van der Waals surface area contributed by atoms with Gasteiger partial charge in [-0.25, -0.2) is 4.39 Å². The Kier molecular flexibility index (Phi) is 4.98. The molecule has 0 aromatic heterocycles. The van der Waals surface area contributed by atoms with Crippen LogP contribution in [0.25, 0.3) is 0 Å². The molecule has 4 heteroatoms. The van der Waals surface area contributed by atoms with E-state index in [9.17, 15) is 4.39 Å². The summed E-state index contributed by atoms with van der Waals surface area (Å²) in [4.78, 5) is 2.49. The number of likely N-dealkylation sites (tertiary alicyclic amines) is 1. The van der Waals surface area contributed by atoms with Crippen molar-refractivity contribution in [2.24, 2.45) is 0 Å². The van der Waals surface area contributed by atoms with Gasteiger partial charge in [0.1, 0.15) is 5.82 Å². The highest BCUT2D eigenvalue weighted by Crippen LogP contribution is 2.19. The van der Waals surface area contributed by atoms with Crippen LogP contribution in [0.15, 0.2) is 18.2 Å². The molecule has 1 aromatic carbocycles. The van der Waals surface area contributed by atoms with Crippen LogP contribution in [0.3, 0.4) is 0 Å². The molecule has 1 aromatic rings. The van der Waals surface area contributed by atoms with E-state index in [2.05, 4.69) is 17.1 Å². The number of hydrogen-bond acceptors (Lipinski definition) is 2. The highest BCUT2D eigenvalue weighted by molar-refractivity contribution is 6.31. The van der Waals surface area contributed by atoms with E-state index < -0.39 is 0 Å². The Morgan fingerprint density at radius 3 is 2.83 bits per heavy atom. The first-order valence-electron chi connectivity index (χ1n) is 6.56. The van der Waals surface area contributed by atoms with Crippen molar-refractivity contribution in [2.45, 2.75) is 32.4 Å². The molecular formula is C14H20ClFN2. The fraction of sp³-hybridized carbons (Fsp3) is 0.571. The summed E-state index contributed by atoms with van der Waals surface area (Å²) in [6.45, 7) is 6.15. The van der Waals surface area contributed by atoms with E-state index in [0.29, 0.717) is 12.6 Å². The summed E-state index contributed by atoms with van der Waals surface area (Å²) in [6, 6.07) is 5.47. The molecule has 1 fully saturated rings. The van der Waals surface area contributed by atoms with Crippen molar-refractivity contribution in [1.29, 1.82) is 0 Å². The van der Waals surface area contributed by atoms with Crippen molar-refractivity contribution in [3.05, 3.63) is 34.6 Å². The zero-order valence-corrected chi connectivity index (χ0v) is 11.5. The van der Waals surface area contributed by atoms with Gasteiger partial charge in [0, 0.05) is 19.1 Å². The Morgan fingerprint density at radius 1 is 1.39 bits per heavy atom. The van der Waals surface area contributed by atoms with Gasteiger partial charge in [0.15, 0.2) is 0 Å². The summed E-state index contributed by atoms with van der Waals surface area (Å²) in [5.74, 6) is -0.344. The normalized spacial score (nSPS) is 18.2. The van der Waals surface area contributed by atoms with E-state index in [-0.39, 0.29) is 10.8 Å². The van der Waals surface area contributed by atoms with E-state index >= 15 is 0 Å². The smallest absolute Gasteiger partial charge is 0.142 e. The number of halogens is 2. The molecule has 1 N–H and O–H groups in total.